The van der Waals surface area contributed by atoms with Crippen LogP contribution in [0.15, 0.2) is 72.9 Å². The predicted octanol–water partition coefficient (Wildman–Crippen LogP) is 7.07. The van der Waals surface area contributed by atoms with E-state index < -0.39 is 0 Å². The van der Waals surface area contributed by atoms with Crippen LogP contribution in [0.5, 0.6) is 11.6 Å². The summed E-state index contributed by atoms with van der Waals surface area (Å²) >= 11 is 6.36. The molecule has 1 aliphatic rings. The van der Waals surface area contributed by atoms with E-state index in [-0.39, 0.29) is 17.4 Å². The first-order chi connectivity index (χ1) is 19.8. The average Bonchev–Trinajstić information content (AvgIpc) is 2.97. The predicted molar refractivity (Wildman–Crippen MR) is 166 cm³/mol. The summed E-state index contributed by atoms with van der Waals surface area (Å²) in [6.45, 7) is 12.5. The first-order valence-corrected chi connectivity index (χ1v) is 14.2. The maximum atomic E-state index is 13.4. The molecule has 2 N–H and O–H groups in total. The Bertz CT molecular complexity index is 1500. The van der Waals surface area contributed by atoms with Gasteiger partial charge in [-0.25, -0.2) is 4.98 Å². The molecule has 0 bridgehead atoms. The lowest BCUT2D eigenvalue weighted by Crippen LogP contribution is -2.48. The van der Waals surface area contributed by atoms with Gasteiger partial charge in [-0.2, -0.15) is 4.98 Å². The van der Waals surface area contributed by atoms with Crippen molar-refractivity contribution in [3.63, 3.8) is 0 Å². The smallest absolute Gasteiger partial charge is 0.262 e. The van der Waals surface area contributed by atoms with Crippen molar-refractivity contribution in [1.82, 2.24) is 14.9 Å². The Morgan fingerprint density at radius 1 is 0.927 bits per heavy atom. The Labute approximate surface area is 246 Å². The van der Waals surface area contributed by atoms with Gasteiger partial charge in [0.1, 0.15) is 11.3 Å². The number of hydrogen-bond acceptors (Lipinski definition) is 7. The van der Waals surface area contributed by atoms with Crippen molar-refractivity contribution in [2.75, 3.05) is 41.7 Å². The summed E-state index contributed by atoms with van der Waals surface area (Å²) in [6, 6.07) is 21.7. The fourth-order valence-corrected chi connectivity index (χ4v) is 5.04. The lowest BCUT2D eigenvalue weighted by Gasteiger charge is -2.38. The minimum Gasteiger partial charge on any atom is -0.436 e. The molecule has 5 rings (SSSR count). The van der Waals surface area contributed by atoms with Crippen molar-refractivity contribution in [3.8, 4) is 11.6 Å². The third-order valence-electron chi connectivity index (χ3n) is 7.29. The van der Waals surface area contributed by atoms with Crippen LogP contribution < -0.4 is 20.3 Å². The first-order valence-electron chi connectivity index (χ1n) is 13.8. The molecule has 0 atom stereocenters. The second-order valence-corrected chi connectivity index (χ2v) is 10.9. The third-order valence-corrected chi connectivity index (χ3v) is 7.61. The molecule has 4 aromatic rings. The van der Waals surface area contributed by atoms with Gasteiger partial charge in [-0.3, -0.25) is 9.69 Å². The van der Waals surface area contributed by atoms with E-state index in [0.29, 0.717) is 22.8 Å². The highest BCUT2D eigenvalue weighted by Gasteiger charge is 2.21. The van der Waals surface area contributed by atoms with Gasteiger partial charge in [0.2, 0.25) is 11.8 Å². The molecule has 0 spiro atoms. The van der Waals surface area contributed by atoms with Crippen molar-refractivity contribution in [1.29, 1.82) is 0 Å². The number of hydrogen-bond donors (Lipinski definition) is 2. The molecule has 0 aliphatic carbocycles. The van der Waals surface area contributed by atoms with E-state index in [2.05, 4.69) is 56.4 Å². The number of para-hydroxylation sites is 2. The molecule has 8 nitrogen and oxygen atoms in total. The summed E-state index contributed by atoms with van der Waals surface area (Å²) in [5.74, 6) is 0.410. The number of nitrogens with one attached hydrogen (secondary N) is 2. The zero-order chi connectivity index (χ0) is 28.9. The molecule has 1 fully saturated rings. The number of benzene rings is 3. The van der Waals surface area contributed by atoms with Gasteiger partial charge >= 0.3 is 0 Å². The van der Waals surface area contributed by atoms with E-state index in [1.807, 2.05) is 56.3 Å². The molecule has 3 aromatic carbocycles. The fourth-order valence-electron chi connectivity index (χ4n) is 4.87. The number of rotatable bonds is 8. The fraction of sp³-hybridized carbons (Fsp3) is 0.281. The van der Waals surface area contributed by atoms with E-state index in [0.717, 1.165) is 48.7 Å². The maximum Gasteiger partial charge on any atom is 0.262 e. The summed E-state index contributed by atoms with van der Waals surface area (Å²) in [6.07, 6.45) is 1.47. The second kappa shape index (κ2) is 12.6. The normalized spacial score (nSPS) is 13.8. The minimum atomic E-state index is -0.377. The van der Waals surface area contributed by atoms with Crippen LogP contribution in [-0.4, -0.2) is 53.0 Å². The van der Waals surface area contributed by atoms with E-state index in [1.165, 1.54) is 11.9 Å². The van der Waals surface area contributed by atoms with Crippen molar-refractivity contribution in [2.24, 2.45) is 0 Å². The first kappa shape index (κ1) is 28.4. The van der Waals surface area contributed by atoms with Crippen molar-refractivity contribution >= 4 is 40.5 Å². The van der Waals surface area contributed by atoms with Crippen molar-refractivity contribution < 1.29 is 9.53 Å². The summed E-state index contributed by atoms with van der Waals surface area (Å²) in [4.78, 5) is 27.3. The highest BCUT2D eigenvalue weighted by molar-refractivity contribution is 6.32. The van der Waals surface area contributed by atoms with E-state index in [4.69, 9.17) is 16.3 Å². The highest BCUT2D eigenvalue weighted by atomic mass is 35.5. The van der Waals surface area contributed by atoms with Crippen LogP contribution in [0.1, 0.15) is 35.3 Å². The van der Waals surface area contributed by atoms with Gasteiger partial charge in [0.25, 0.3) is 5.91 Å². The van der Waals surface area contributed by atoms with Crippen molar-refractivity contribution in [3.05, 3.63) is 94.6 Å². The van der Waals surface area contributed by atoms with Gasteiger partial charge in [0.05, 0.1) is 5.02 Å². The molecule has 212 valence electrons. The highest BCUT2D eigenvalue weighted by Crippen LogP contribution is 2.32. The number of aromatic nitrogens is 2. The molecule has 9 heteroatoms. The maximum absolute atomic E-state index is 13.4. The van der Waals surface area contributed by atoms with Crippen LogP contribution in [0.25, 0.3) is 0 Å². The summed E-state index contributed by atoms with van der Waals surface area (Å²) in [5.41, 5.74) is 4.85. The average molecular weight is 571 g/mol. The topological polar surface area (TPSA) is 82.6 Å². The summed E-state index contributed by atoms with van der Waals surface area (Å²) < 4.78 is 6.07. The molecule has 1 aliphatic heterocycles. The number of carbonyl (C=O) groups is 1. The largest absolute Gasteiger partial charge is 0.436 e. The number of halogens is 1. The number of ether oxygens (including phenoxy) is 1. The van der Waals surface area contributed by atoms with Crippen LogP contribution in [0, 0.1) is 13.8 Å². The Morgan fingerprint density at radius 2 is 1.61 bits per heavy atom. The SMILES string of the molecule is Cc1cccc(C)c1NC(=O)c1cnc(Nc2ccc(N3CCN(C(C)C)CC3)cc2)nc1Oc1ccccc1Cl. The van der Waals surface area contributed by atoms with Gasteiger partial charge in [-0.15, -0.1) is 0 Å². The quantitative estimate of drug-likeness (QED) is 0.234. The molecule has 1 saturated heterocycles. The molecule has 0 unspecified atom stereocenters. The van der Waals surface area contributed by atoms with E-state index in [9.17, 15) is 4.79 Å². The summed E-state index contributed by atoms with van der Waals surface area (Å²) in [5, 5.41) is 6.64. The molecular weight excluding hydrogens is 536 g/mol. The van der Waals surface area contributed by atoms with Gasteiger partial charge in [-0.1, -0.05) is 41.9 Å². The van der Waals surface area contributed by atoms with Crippen LogP contribution in [0.2, 0.25) is 5.02 Å². The molecule has 1 aromatic heterocycles. The van der Waals surface area contributed by atoms with Gasteiger partial charge in [0.15, 0.2) is 0 Å². The standard InChI is InChI=1S/C32H35ClN6O2/c1-21(2)38-16-18-39(19-17-38)25-14-12-24(13-15-25)35-32-34-20-26(30(40)36-29-22(3)8-7-9-23(29)4)31(37-32)41-28-11-6-5-10-27(28)33/h5-15,20-21H,16-19H2,1-4H3,(H,36,40)(H,34,35,37). The Kier molecular flexibility index (Phi) is 8.71. The Hall–Kier alpha value is -4.14. The minimum absolute atomic E-state index is 0.0963. The van der Waals surface area contributed by atoms with Crippen LogP contribution in [0.3, 0.4) is 0 Å². The zero-order valence-corrected chi connectivity index (χ0v) is 24.6. The van der Waals surface area contributed by atoms with Crippen LogP contribution in [0.4, 0.5) is 23.0 Å². The molecular formula is C32H35ClN6O2. The molecule has 41 heavy (non-hydrogen) atoms. The number of piperazine rings is 1. The van der Waals surface area contributed by atoms with Gasteiger partial charge < -0.3 is 20.3 Å². The molecule has 0 saturated carbocycles. The van der Waals surface area contributed by atoms with E-state index >= 15 is 0 Å². The van der Waals surface area contributed by atoms with Crippen molar-refractivity contribution in [2.45, 2.75) is 33.7 Å². The van der Waals surface area contributed by atoms with Gasteiger partial charge in [-0.05, 0) is 75.2 Å². The third kappa shape index (κ3) is 6.78. The number of carbonyl (C=O) groups excluding carboxylic acids is 1. The van der Waals surface area contributed by atoms with Gasteiger partial charge in [0, 0.05) is 55.5 Å². The molecule has 0 radical (unpaired) electrons. The lowest BCUT2D eigenvalue weighted by atomic mass is 10.1. The molecule has 2 heterocycles. The second-order valence-electron chi connectivity index (χ2n) is 10.5. The number of anilines is 4. The molecule has 1 amide bonds. The Morgan fingerprint density at radius 3 is 2.27 bits per heavy atom. The van der Waals surface area contributed by atoms with Crippen LogP contribution >= 0.6 is 11.6 Å². The number of aryl methyl sites for hydroxylation is 2. The summed E-state index contributed by atoms with van der Waals surface area (Å²) in [7, 11) is 0. The van der Waals surface area contributed by atoms with E-state index in [1.54, 1.807) is 12.1 Å². The number of amides is 1. The zero-order valence-electron chi connectivity index (χ0n) is 23.8. The van der Waals surface area contributed by atoms with Crippen LogP contribution in [-0.2, 0) is 0 Å². The monoisotopic (exact) mass is 570 g/mol. The Balaban J connectivity index is 1.36. The lowest BCUT2D eigenvalue weighted by molar-refractivity contribution is 0.102. The number of nitrogens with zero attached hydrogens (tertiary/aromatic N) is 4.